The van der Waals surface area contributed by atoms with Gasteiger partial charge in [0, 0.05) is 18.9 Å². The fourth-order valence-electron chi connectivity index (χ4n) is 2.04. The minimum Gasteiger partial charge on any atom is -0.358 e. The molecule has 0 fully saturated rings. The summed E-state index contributed by atoms with van der Waals surface area (Å²) in [5.41, 5.74) is 0. The first-order chi connectivity index (χ1) is 12.8. The predicted octanol–water partition coefficient (Wildman–Crippen LogP) is 7.05. The molecule has 0 radical (unpaired) electrons. The average molecular weight is 394 g/mol. The van der Waals surface area contributed by atoms with Crippen molar-refractivity contribution in [1.29, 1.82) is 0 Å². The molecule has 26 heavy (non-hydrogen) atoms. The lowest BCUT2D eigenvalue weighted by atomic mass is 10.2. The molecule has 0 saturated heterocycles. The number of hydrogen-bond acceptors (Lipinski definition) is 2. The van der Waals surface area contributed by atoms with Gasteiger partial charge in [0.2, 0.25) is 0 Å². The Morgan fingerprint density at radius 3 is 1.69 bits per heavy atom. The van der Waals surface area contributed by atoms with E-state index in [1.165, 1.54) is 6.42 Å². The Kier molecular flexibility index (Phi) is 19.9. The minimum atomic E-state index is 0.112. The van der Waals surface area contributed by atoms with Crippen molar-refractivity contribution in [2.24, 2.45) is 0 Å². The Balaban J connectivity index is 4.07. The van der Waals surface area contributed by atoms with Crippen LogP contribution in [0.1, 0.15) is 52.4 Å². The first-order valence-electron chi connectivity index (χ1n) is 9.46. The summed E-state index contributed by atoms with van der Waals surface area (Å²) in [7, 11) is 4.69. The highest BCUT2D eigenvalue weighted by Gasteiger charge is 1.98. The van der Waals surface area contributed by atoms with Crippen molar-refractivity contribution in [1.82, 2.24) is 0 Å². The third-order valence-corrected chi connectivity index (χ3v) is 4.23. The molecule has 0 aliphatic rings. The van der Waals surface area contributed by atoms with Crippen LogP contribution in [0.15, 0.2) is 72.9 Å². The Morgan fingerprint density at radius 2 is 1.23 bits per heavy atom. The molecule has 0 amide bonds. The van der Waals surface area contributed by atoms with Gasteiger partial charge >= 0.3 is 0 Å². The van der Waals surface area contributed by atoms with Crippen LogP contribution in [0.4, 0.5) is 0 Å². The second-order valence-corrected chi connectivity index (χ2v) is 6.37. The Labute approximate surface area is 165 Å². The number of unbranched alkanes of at least 4 members (excludes halogenated alkanes) is 1. The average Bonchev–Trinajstić information content (AvgIpc) is 2.66. The van der Waals surface area contributed by atoms with Gasteiger partial charge in [-0.3, -0.25) is 0 Å². The fraction of sp³-hybridized carbons (Fsp3) is 0.455. The lowest BCUT2D eigenvalue weighted by Crippen LogP contribution is -2.00. The molecule has 146 valence electrons. The molecule has 0 rings (SSSR count). The van der Waals surface area contributed by atoms with Crippen LogP contribution in [0.3, 0.4) is 0 Å². The van der Waals surface area contributed by atoms with Gasteiger partial charge in [-0.15, -0.1) is 0 Å². The Bertz CT molecular complexity index is 477. The Hall–Kier alpha value is -0.780. The molecular weight excluding hydrogens is 358 g/mol. The first kappa shape index (κ1) is 25.2. The summed E-state index contributed by atoms with van der Waals surface area (Å²) in [6, 6.07) is 0. The van der Waals surface area contributed by atoms with Gasteiger partial charge in [-0.2, -0.15) is 0 Å². The molecule has 4 heteroatoms. The second kappa shape index (κ2) is 20.5. The standard InChI is InChI=1S/C22H36O2P2/c1-3-5-7-14-18-22(24-26)20-16-12-10-8-9-11-15-19-21(23-25)17-13-6-4-2/h6-7,9-16,19-22H,3-5,8,17-18,25-26H2,1-2H3/t21-,22+/m0/s1. The summed E-state index contributed by atoms with van der Waals surface area (Å²) in [6.07, 6.45) is 31.6. The quantitative estimate of drug-likeness (QED) is 0.168. The summed E-state index contributed by atoms with van der Waals surface area (Å²) in [6.45, 7) is 4.32. The lowest BCUT2D eigenvalue weighted by Gasteiger charge is -2.06. The van der Waals surface area contributed by atoms with Gasteiger partial charge in [0.15, 0.2) is 0 Å². The summed E-state index contributed by atoms with van der Waals surface area (Å²) in [5, 5.41) is 0. The van der Waals surface area contributed by atoms with Crippen LogP contribution in [0.5, 0.6) is 0 Å². The van der Waals surface area contributed by atoms with Crippen LogP contribution < -0.4 is 0 Å². The molecule has 0 spiro atoms. The van der Waals surface area contributed by atoms with E-state index in [2.05, 4.69) is 93.5 Å². The first-order valence-corrected chi connectivity index (χ1v) is 10.4. The SMILES string of the molecule is CCC=CC[C@@H](C=CC=CCC=CC=C[C@@H](CC=CCCC)OP)OP. The third-order valence-electron chi connectivity index (χ3n) is 3.53. The van der Waals surface area contributed by atoms with Crippen molar-refractivity contribution >= 4 is 18.9 Å². The minimum absolute atomic E-state index is 0.112. The zero-order valence-electron chi connectivity index (χ0n) is 16.3. The molecule has 0 aliphatic carbocycles. The molecule has 0 aromatic rings. The van der Waals surface area contributed by atoms with Crippen molar-refractivity contribution in [3.05, 3.63) is 72.9 Å². The van der Waals surface area contributed by atoms with Gasteiger partial charge in [0.25, 0.3) is 0 Å². The summed E-state index contributed by atoms with van der Waals surface area (Å²) < 4.78 is 10.7. The molecule has 2 unspecified atom stereocenters. The van der Waals surface area contributed by atoms with E-state index in [9.17, 15) is 0 Å². The van der Waals surface area contributed by atoms with E-state index in [1.807, 2.05) is 12.2 Å². The van der Waals surface area contributed by atoms with Crippen LogP contribution >= 0.6 is 18.9 Å². The highest BCUT2D eigenvalue weighted by Crippen LogP contribution is 2.08. The van der Waals surface area contributed by atoms with Crippen LogP contribution in [-0.4, -0.2) is 12.2 Å². The molecule has 2 nitrogen and oxygen atoms in total. The highest BCUT2D eigenvalue weighted by atomic mass is 31.0. The van der Waals surface area contributed by atoms with Crippen LogP contribution in [0.2, 0.25) is 0 Å². The summed E-state index contributed by atoms with van der Waals surface area (Å²) in [4.78, 5) is 0. The Morgan fingerprint density at radius 1 is 0.692 bits per heavy atom. The molecular formula is C22H36O2P2. The van der Waals surface area contributed by atoms with Crippen LogP contribution in [0, 0.1) is 0 Å². The van der Waals surface area contributed by atoms with Crippen molar-refractivity contribution in [3.8, 4) is 0 Å². The van der Waals surface area contributed by atoms with Crippen molar-refractivity contribution in [3.63, 3.8) is 0 Å². The molecule has 0 saturated carbocycles. The largest absolute Gasteiger partial charge is 0.358 e. The number of allylic oxidation sites excluding steroid dienone is 8. The van der Waals surface area contributed by atoms with E-state index in [0.29, 0.717) is 0 Å². The van der Waals surface area contributed by atoms with E-state index in [4.69, 9.17) is 9.05 Å². The second-order valence-electron chi connectivity index (χ2n) is 5.82. The maximum atomic E-state index is 5.36. The monoisotopic (exact) mass is 394 g/mol. The van der Waals surface area contributed by atoms with E-state index < -0.39 is 0 Å². The topological polar surface area (TPSA) is 18.5 Å². The summed E-state index contributed by atoms with van der Waals surface area (Å²) in [5.74, 6) is 0. The molecule has 0 heterocycles. The van der Waals surface area contributed by atoms with Gasteiger partial charge in [-0.25, -0.2) is 0 Å². The molecule has 0 aliphatic heterocycles. The zero-order valence-corrected chi connectivity index (χ0v) is 18.6. The molecule has 0 aromatic carbocycles. The molecule has 0 N–H and O–H groups in total. The number of hydrogen-bond donors (Lipinski definition) is 0. The third kappa shape index (κ3) is 16.7. The van der Waals surface area contributed by atoms with Gasteiger partial charge in [0.1, 0.15) is 0 Å². The van der Waals surface area contributed by atoms with Gasteiger partial charge in [-0.1, -0.05) is 93.2 Å². The van der Waals surface area contributed by atoms with Crippen LogP contribution in [-0.2, 0) is 9.05 Å². The summed E-state index contributed by atoms with van der Waals surface area (Å²) >= 11 is 0. The lowest BCUT2D eigenvalue weighted by molar-refractivity contribution is 0.298. The van der Waals surface area contributed by atoms with Gasteiger partial charge in [0.05, 0.1) is 12.2 Å². The van der Waals surface area contributed by atoms with Crippen LogP contribution in [0.25, 0.3) is 0 Å². The maximum Gasteiger partial charge on any atom is 0.0828 e. The van der Waals surface area contributed by atoms with E-state index in [1.54, 1.807) is 0 Å². The van der Waals surface area contributed by atoms with E-state index in [-0.39, 0.29) is 12.2 Å². The van der Waals surface area contributed by atoms with Crippen molar-refractivity contribution in [2.45, 2.75) is 64.6 Å². The highest BCUT2D eigenvalue weighted by molar-refractivity contribution is 7.10. The van der Waals surface area contributed by atoms with Crippen molar-refractivity contribution in [2.75, 3.05) is 0 Å². The van der Waals surface area contributed by atoms with E-state index in [0.717, 1.165) is 32.1 Å². The molecule has 4 atom stereocenters. The van der Waals surface area contributed by atoms with E-state index >= 15 is 0 Å². The van der Waals surface area contributed by atoms with Crippen molar-refractivity contribution < 1.29 is 9.05 Å². The predicted molar refractivity (Wildman–Crippen MR) is 123 cm³/mol. The van der Waals surface area contributed by atoms with Gasteiger partial charge < -0.3 is 9.05 Å². The smallest absolute Gasteiger partial charge is 0.0828 e. The normalized spacial score (nSPS) is 15.7. The molecule has 0 aromatic heterocycles. The van der Waals surface area contributed by atoms with Gasteiger partial charge in [-0.05, 0) is 32.1 Å². The number of rotatable bonds is 15. The fourth-order valence-corrected chi connectivity index (χ4v) is 2.44. The maximum absolute atomic E-state index is 5.36. The zero-order chi connectivity index (χ0) is 19.3. The molecule has 0 bridgehead atoms.